The molecule has 0 aliphatic carbocycles. The minimum atomic E-state index is -2.25. The molecule has 1 aromatic rings. The minimum absolute atomic E-state index is 0.250. The van der Waals surface area contributed by atoms with Crippen molar-refractivity contribution in [2.24, 2.45) is 0 Å². The van der Waals surface area contributed by atoms with Crippen molar-refractivity contribution >= 4 is 11.8 Å². The molecule has 0 spiro atoms. The summed E-state index contributed by atoms with van der Waals surface area (Å²) in [6.45, 7) is 3.40. The first-order chi connectivity index (χ1) is 7.49. The van der Waals surface area contributed by atoms with Gasteiger partial charge in [-0.3, -0.25) is 4.79 Å². The maximum Gasteiger partial charge on any atom is 0.348 e. The van der Waals surface area contributed by atoms with Crippen LogP contribution in [0.25, 0.3) is 0 Å². The molecule has 1 aromatic carbocycles. The smallest absolute Gasteiger partial charge is 0.348 e. The highest BCUT2D eigenvalue weighted by Gasteiger charge is 2.29. The fourth-order valence-corrected chi connectivity index (χ4v) is 1.54. The number of rotatable bonds is 3. The SMILES string of the molecule is COC(=O)C(F)C(=O)c1c(C)cccc1C. The van der Waals surface area contributed by atoms with Crippen LogP contribution in [0, 0.1) is 13.8 Å². The van der Waals surface area contributed by atoms with E-state index < -0.39 is 17.9 Å². The van der Waals surface area contributed by atoms with Crippen LogP contribution in [0.3, 0.4) is 0 Å². The molecule has 1 atom stereocenters. The van der Waals surface area contributed by atoms with Crippen molar-refractivity contribution in [3.8, 4) is 0 Å². The van der Waals surface area contributed by atoms with E-state index in [1.165, 1.54) is 0 Å². The molecule has 0 fully saturated rings. The number of benzene rings is 1. The fourth-order valence-electron chi connectivity index (χ4n) is 1.54. The van der Waals surface area contributed by atoms with Crippen LogP contribution in [0.5, 0.6) is 0 Å². The lowest BCUT2D eigenvalue weighted by atomic mass is 9.97. The van der Waals surface area contributed by atoms with E-state index in [1.807, 2.05) is 0 Å². The van der Waals surface area contributed by atoms with Crippen molar-refractivity contribution in [3.05, 3.63) is 34.9 Å². The van der Waals surface area contributed by atoms with Crippen LogP contribution < -0.4 is 0 Å². The van der Waals surface area contributed by atoms with Gasteiger partial charge >= 0.3 is 5.97 Å². The van der Waals surface area contributed by atoms with Gasteiger partial charge in [-0.25, -0.2) is 9.18 Å². The van der Waals surface area contributed by atoms with Crippen LogP contribution in [-0.2, 0) is 9.53 Å². The molecule has 0 aromatic heterocycles. The average molecular weight is 224 g/mol. The molecule has 16 heavy (non-hydrogen) atoms. The lowest BCUT2D eigenvalue weighted by Gasteiger charge is -2.10. The monoisotopic (exact) mass is 224 g/mol. The Kier molecular flexibility index (Phi) is 3.77. The van der Waals surface area contributed by atoms with Crippen molar-refractivity contribution in [3.63, 3.8) is 0 Å². The maximum absolute atomic E-state index is 13.4. The zero-order chi connectivity index (χ0) is 12.3. The second-order valence-electron chi connectivity index (χ2n) is 3.52. The number of hydrogen-bond donors (Lipinski definition) is 0. The normalized spacial score (nSPS) is 12.0. The van der Waals surface area contributed by atoms with Crippen molar-refractivity contribution in [1.29, 1.82) is 0 Å². The molecule has 1 unspecified atom stereocenters. The summed E-state index contributed by atoms with van der Waals surface area (Å²) >= 11 is 0. The standard InChI is InChI=1S/C12H13FO3/c1-7-5-4-6-8(2)9(7)11(14)10(13)12(15)16-3/h4-6,10H,1-3H3. The van der Waals surface area contributed by atoms with E-state index in [2.05, 4.69) is 4.74 Å². The summed E-state index contributed by atoms with van der Waals surface area (Å²) in [4.78, 5) is 22.6. The molecule has 0 amide bonds. The van der Waals surface area contributed by atoms with E-state index in [9.17, 15) is 14.0 Å². The molecule has 86 valence electrons. The van der Waals surface area contributed by atoms with Gasteiger partial charge in [0.25, 0.3) is 6.17 Å². The Labute approximate surface area is 93.2 Å². The lowest BCUT2D eigenvalue weighted by Crippen LogP contribution is -2.28. The van der Waals surface area contributed by atoms with Gasteiger partial charge in [-0.15, -0.1) is 0 Å². The van der Waals surface area contributed by atoms with E-state index >= 15 is 0 Å². The van der Waals surface area contributed by atoms with Crippen LogP contribution in [0.2, 0.25) is 0 Å². The number of alkyl halides is 1. The van der Waals surface area contributed by atoms with E-state index in [1.54, 1.807) is 32.0 Å². The van der Waals surface area contributed by atoms with E-state index in [0.717, 1.165) is 7.11 Å². The Morgan fingerprint density at radius 2 is 1.75 bits per heavy atom. The molecule has 0 saturated heterocycles. The predicted octanol–water partition coefficient (Wildman–Crippen LogP) is 2.00. The first-order valence-corrected chi connectivity index (χ1v) is 4.81. The van der Waals surface area contributed by atoms with Gasteiger partial charge in [0.2, 0.25) is 5.78 Å². The first-order valence-electron chi connectivity index (χ1n) is 4.81. The van der Waals surface area contributed by atoms with Gasteiger partial charge in [-0.05, 0) is 25.0 Å². The summed E-state index contributed by atoms with van der Waals surface area (Å²) in [5.41, 5.74) is 1.55. The molecule has 0 heterocycles. The highest BCUT2D eigenvalue weighted by Crippen LogP contribution is 2.17. The Bertz CT molecular complexity index is 406. The number of carbonyl (C=O) groups excluding carboxylic acids is 2. The largest absolute Gasteiger partial charge is 0.467 e. The number of ether oxygens (including phenoxy) is 1. The quantitative estimate of drug-likeness (QED) is 0.448. The van der Waals surface area contributed by atoms with Gasteiger partial charge in [0.1, 0.15) is 0 Å². The first kappa shape index (κ1) is 12.4. The molecular weight excluding hydrogens is 211 g/mol. The highest BCUT2D eigenvalue weighted by molar-refractivity contribution is 6.12. The topological polar surface area (TPSA) is 43.4 Å². The number of Topliss-reactive ketones (excluding diaryl/α,β-unsaturated/α-hetero) is 1. The second kappa shape index (κ2) is 4.88. The number of halogens is 1. The Hall–Kier alpha value is -1.71. The summed E-state index contributed by atoms with van der Waals surface area (Å²) in [6.07, 6.45) is -2.25. The van der Waals surface area contributed by atoms with Crippen LogP contribution in [0.15, 0.2) is 18.2 Å². The Morgan fingerprint density at radius 1 is 1.25 bits per heavy atom. The molecule has 1 rings (SSSR count). The Balaban J connectivity index is 3.10. The van der Waals surface area contributed by atoms with Crippen LogP contribution in [-0.4, -0.2) is 25.0 Å². The van der Waals surface area contributed by atoms with Crippen molar-refractivity contribution in [2.75, 3.05) is 7.11 Å². The van der Waals surface area contributed by atoms with Gasteiger partial charge in [0.05, 0.1) is 7.11 Å². The van der Waals surface area contributed by atoms with Crippen LogP contribution in [0.1, 0.15) is 21.5 Å². The molecular formula is C12H13FO3. The molecule has 0 bridgehead atoms. The average Bonchev–Trinajstić information content (AvgIpc) is 2.26. The van der Waals surface area contributed by atoms with Crippen LogP contribution in [0.4, 0.5) is 4.39 Å². The second-order valence-corrected chi connectivity index (χ2v) is 3.52. The third kappa shape index (κ3) is 2.27. The van der Waals surface area contributed by atoms with Crippen molar-refractivity contribution < 1.29 is 18.7 Å². The summed E-state index contributed by atoms with van der Waals surface area (Å²) in [7, 11) is 1.05. The van der Waals surface area contributed by atoms with Gasteiger partial charge in [0, 0.05) is 5.56 Å². The highest BCUT2D eigenvalue weighted by atomic mass is 19.1. The lowest BCUT2D eigenvalue weighted by molar-refractivity contribution is -0.144. The summed E-state index contributed by atoms with van der Waals surface area (Å²) in [6, 6.07) is 5.17. The molecule has 3 nitrogen and oxygen atoms in total. The summed E-state index contributed by atoms with van der Waals surface area (Å²) in [5.74, 6) is -2.00. The van der Waals surface area contributed by atoms with Gasteiger partial charge < -0.3 is 4.74 Å². The number of carbonyl (C=O) groups is 2. The molecule has 4 heteroatoms. The van der Waals surface area contributed by atoms with Crippen LogP contribution >= 0.6 is 0 Å². The summed E-state index contributed by atoms with van der Waals surface area (Å²) in [5, 5.41) is 0. The number of hydrogen-bond acceptors (Lipinski definition) is 3. The Morgan fingerprint density at radius 3 is 2.19 bits per heavy atom. The molecule has 0 saturated carbocycles. The van der Waals surface area contributed by atoms with Gasteiger partial charge in [-0.2, -0.15) is 0 Å². The number of ketones is 1. The molecule has 0 radical (unpaired) electrons. The van der Waals surface area contributed by atoms with E-state index in [4.69, 9.17) is 0 Å². The fraction of sp³-hybridized carbons (Fsp3) is 0.333. The van der Waals surface area contributed by atoms with Crippen molar-refractivity contribution in [1.82, 2.24) is 0 Å². The van der Waals surface area contributed by atoms with E-state index in [-0.39, 0.29) is 5.56 Å². The third-order valence-electron chi connectivity index (χ3n) is 2.37. The van der Waals surface area contributed by atoms with Gasteiger partial charge in [-0.1, -0.05) is 18.2 Å². The van der Waals surface area contributed by atoms with E-state index in [0.29, 0.717) is 11.1 Å². The number of esters is 1. The predicted molar refractivity (Wildman–Crippen MR) is 57.2 cm³/mol. The minimum Gasteiger partial charge on any atom is -0.467 e. The van der Waals surface area contributed by atoms with Crippen molar-refractivity contribution in [2.45, 2.75) is 20.0 Å². The van der Waals surface area contributed by atoms with Gasteiger partial charge in [0.15, 0.2) is 0 Å². The zero-order valence-corrected chi connectivity index (χ0v) is 9.41. The summed E-state index contributed by atoms with van der Waals surface area (Å²) < 4.78 is 17.6. The number of aryl methyl sites for hydroxylation is 2. The third-order valence-corrected chi connectivity index (χ3v) is 2.37. The number of methoxy groups -OCH3 is 1. The molecule has 0 N–H and O–H groups in total. The molecule has 0 aliphatic rings. The zero-order valence-electron chi connectivity index (χ0n) is 9.41. The molecule has 0 aliphatic heterocycles. The maximum atomic E-state index is 13.4.